The normalized spacial score (nSPS) is 19.9. The maximum Gasteiger partial charge on any atom is 0.231 e. The SMILES string of the molecule is CN1CCN(C(=O)Cc2ccc3c(c2)OCO3)[C@H](c2ccccc2)C1. The summed E-state index contributed by atoms with van der Waals surface area (Å²) in [6.07, 6.45) is 0.379. The maximum absolute atomic E-state index is 13.0. The monoisotopic (exact) mass is 338 g/mol. The zero-order valence-electron chi connectivity index (χ0n) is 14.4. The van der Waals surface area contributed by atoms with Gasteiger partial charge in [-0.3, -0.25) is 4.79 Å². The molecule has 0 N–H and O–H groups in total. The Bertz CT molecular complexity index is 763. The van der Waals surface area contributed by atoms with Crippen molar-refractivity contribution in [2.75, 3.05) is 33.5 Å². The lowest BCUT2D eigenvalue weighted by Gasteiger charge is -2.40. The number of rotatable bonds is 3. The lowest BCUT2D eigenvalue weighted by atomic mass is 10.0. The van der Waals surface area contributed by atoms with Gasteiger partial charge in [0, 0.05) is 19.6 Å². The second-order valence-electron chi connectivity index (χ2n) is 6.64. The Labute approximate surface area is 147 Å². The van der Waals surface area contributed by atoms with Crippen LogP contribution in [-0.2, 0) is 11.2 Å². The first-order chi connectivity index (χ1) is 12.2. The van der Waals surface area contributed by atoms with Gasteiger partial charge in [-0.25, -0.2) is 0 Å². The fourth-order valence-corrected chi connectivity index (χ4v) is 3.51. The summed E-state index contributed by atoms with van der Waals surface area (Å²) in [5, 5.41) is 0. The van der Waals surface area contributed by atoms with Crippen molar-refractivity contribution in [3.05, 3.63) is 59.7 Å². The molecule has 25 heavy (non-hydrogen) atoms. The molecule has 0 aliphatic carbocycles. The van der Waals surface area contributed by atoms with Gasteiger partial charge in [0.25, 0.3) is 0 Å². The van der Waals surface area contributed by atoms with Crippen molar-refractivity contribution in [3.8, 4) is 11.5 Å². The number of carbonyl (C=O) groups is 1. The van der Waals surface area contributed by atoms with E-state index in [2.05, 4.69) is 24.1 Å². The molecule has 2 aliphatic heterocycles. The molecule has 130 valence electrons. The second kappa shape index (κ2) is 6.76. The Morgan fingerprint density at radius 2 is 1.88 bits per heavy atom. The molecule has 1 atom stereocenters. The van der Waals surface area contributed by atoms with Crippen LogP contribution in [0, 0.1) is 0 Å². The Morgan fingerprint density at radius 1 is 1.08 bits per heavy atom. The predicted octanol–water partition coefficient (Wildman–Crippen LogP) is 2.47. The highest BCUT2D eigenvalue weighted by Crippen LogP contribution is 2.33. The molecule has 4 rings (SSSR count). The van der Waals surface area contributed by atoms with E-state index in [-0.39, 0.29) is 18.7 Å². The van der Waals surface area contributed by atoms with Gasteiger partial charge >= 0.3 is 0 Å². The van der Waals surface area contributed by atoms with Gasteiger partial charge in [0.2, 0.25) is 12.7 Å². The number of hydrogen-bond acceptors (Lipinski definition) is 4. The molecule has 1 fully saturated rings. The number of hydrogen-bond donors (Lipinski definition) is 0. The van der Waals surface area contributed by atoms with Gasteiger partial charge in [0.1, 0.15) is 0 Å². The number of nitrogens with zero attached hydrogens (tertiary/aromatic N) is 2. The summed E-state index contributed by atoms with van der Waals surface area (Å²) in [5.74, 6) is 1.63. The van der Waals surface area contributed by atoms with Crippen LogP contribution in [0.4, 0.5) is 0 Å². The van der Waals surface area contributed by atoms with Crippen molar-refractivity contribution in [1.29, 1.82) is 0 Å². The first-order valence-corrected chi connectivity index (χ1v) is 8.62. The molecule has 0 saturated carbocycles. The molecule has 1 saturated heterocycles. The van der Waals surface area contributed by atoms with Crippen LogP contribution < -0.4 is 9.47 Å². The van der Waals surface area contributed by atoms with E-state index in [9.17, 15) is 4.79 Å². The van der Waals surface area contributed by atoms with Crippen LogP contribution in [0.15, 0.2) is 48.5 Å². The zero-order valence-corrected chi connectivity index (χ0v) is 14.4. The molecule has 0 spiro atoms. The highest BCUT2D eigenvalue weighted by molar-refractivity contribution is 5.79. The molecule has 0 bridgehead atoms. The highest BCUT2D eigenvalue weighted by atomic mass is 16.7. The molecule has 5 nitrogen and oxygen atoms in total. The van der Waals surface area contributed by atoms with E-state index in [0.29, 0.717) is 6.42 Å². The largest absolute Gasteiger partial charge is 0.454 e. The van der Waals surface area contributed by atoms with Crippen LogP contribution in [0.2, 0.25) is 0 Å². The van der Waals surface area contributed by atoms with Crippen LogP contribution in [0.3, 0.4) is 0 Å². The average Bonchev–Trinajstić information content (AvgIpc) is 3.10. The first-order valence-electron chi connectivity index (χ1n) is 8.62. The summed E-state index contributed by atoms with van der Waals surface area (Å²) in [7, 11) is 2.11. The number of carbonyl (C=O) groups excluding carboxylic acids is 1. The molecule has 1 amide bonds. The van der Waals surface area contributed by atoms with Gasteiger partial charge in [0.15, 0.2) is 11.5 Å². The third-order valence-electron chi connectivity index (χ3n) is 4.88. The van der Waals surface area contributed by atoms with E-state index in [1.807, 2.05) is 41.3 Å². The standard InChI is InChI=1S/C20H22N2O3/c1-21-9-10-22(17(13-21)16-5-3-2-4-6-16)20(23)12-15-7-8-18-19(11-15)25-14-24-18/h2-8,11,17H,9-10,12-14H2,1H3/t17-/m0/s1. The molecule has 5 heteroatoms. The number of ether oxygens (including phenoxy) is 2. The molecule has 2 aromatic rings. The topological polar surface area (TPSA) is 42.0 Å². The van der Waals surface area contributed by atoms with Gasteiger partial charge < -0.3 is 19.3 Å². The smallest absolute Gasteiger partial charge is 0.231 e. The lowest BCUT2D eigenvalue weighted by molar-refractivity contribution is -0.135. The van der Waals surface area contributed by atoms with Gasteiger partial charge in [-0.1, -0.05) is 36.4 Å². The third kappa shape index (κ3) is 3.33. The quantitative estimate of drug-likeness (QED) is 0.862. The van der Waals surface area contributed by atoms with Crippen LogP contribution >= 0.6 is 0 Å². The molecule has 2 aliphatic rings. The number of likely N-dealkylation sites (N-methyl/N-ethyl adjacent to an activating group) is 1. The Hall–Kier alpha value is -2.53. The van der Waals surface area contributed by atoms with E-state index in [1.54, 1.807) is 0 Å². The summed E-state index contributed by atoms with van der Waals surface area (Å²) < 4.78 is 10.8. The summed E-state index contributed by atoms with van der Waals surface area (Å²) in [4.78, 5) is 17.3. The van der Waals surface area contributed by atoms with Crippen molar-refractivity contribution in [1.82, 2.24) is 9.80 Å². The summed E-state index contributed by atoms with van der Waals surface area (Å²) in [6.45, 7) is 2.76. The number of benzene rings is 2. The Kier molecular flexibility index (Phi) is 4.32. The van der Waals surface area contributed by atoms with Crippen LogP contribution in [-0.4, -0.2) is 49.2 Å². The van der Waals surface area contributed by atoms with Crippen molar-refractivity contribution in [3.63, 3.8) is 0 Å². The van der Waals surface area contributed by atoms with Gasteiger partial charge in [-0.05, 0) is 30.3 Å². The fraction of sp³-hybridized carbons (Fsp3) is 0.350. The Balaban J connectivity index is 1.53. The second-order valence-corrected chi connectivity index (χ2v) is 6.64. The molecule has 2 heterocycles. The average molecular weight is 338 g/mol. The Morgan fingerprint density at radius 3 is 2.72 bits per heavy atom. The van der Waals surface area contributed by atoms with Gasteiger partial charge in [0.05, 0.1) is 12.5 Å². The minimum absolute atomic E-state index is 0.0986. The number of fused-ring (bicyclic) bond motifs is 1. The van der Waals surface area contributed by atoms with E-state index in [1.165, 1.54) is 5.56 Å². The summed E-state index contributed by atoms with van der Waals surface area (Å²) in [5.41, 5.74) is 2.15. The van der Waals surface area contributed by atoms with Crippen LogP contribution in [0.25, 0.3) is 0 Å². The minimum Gasteiger partial charge on any atom is -0.454 e. The molecule has 2 aromatic carbocycles. The van der Waals surface area contributed by atoms with Crippen molar-refractivity contribution in [2.45, 2.75) is 12.5 Å². The van der Waals surface area contributed by atoms with Gasteiger partial charge in [-0.15, -0.1) is 0 Å². The van der Waals surface area contributed by atoms with Crippen molar-refractivity contribution < 1.29 is 14.3 Å². The minimum atomic E-state index is 0.0986. The van der Waals surface area contributed by atoms with E-state index in [0.717, 1.165) is 36.7 Å². The molecular formula is C20H22N2O3. The van der Waals surface area contributed by atoms with Crippen LogP contribution in [0.1, 0.15) is 17.2 Å². The molecule has 0 aromatic heterocycles. The molecule has 0 radical (unpaired) electrons. The summed E-state index contributed by atoms with van der Waals surface area (Å²) >= 11 is 0. The highest BCUT2D eigenvalue weighted by Gasteiger charge is 2.30. The van der Waals surface area contributed by atoms with E-state index >= 15 is 0 Å². The van der Waals surface area contributed by atoms with E-state index in [4.69, 9.17) is 9.47 Å². The summed E-state index contributed by atoms with van der Waals surface area (Å²) in [6, 6.07) is 16.1. The van der Waals surface area contributed by atoms with Gasteiger partial charge in [-0.2, -0.15) is 0 Å². The number of amides is 1. The maximum atomic E-state index is 13.0. The van der Waals surface area contributed by atoms with E-state index < -0.39 is 0 Å². The number of piperazine rings is 1. The lowest BCUT2D eigenvalue weighted by Crippen LogP contribution is -2.49. The predicted molar refractivity (Wildman–Crippen MR) is 94.7 cm³/mol. The first kappa shape index (κ1) is 16.0. The molecular weight excluding hydrogens is 316 g/mol. The van der Waals surface area contributed by atoms with Crippen molar-refractivity contribution >= 4 is 5.91 Å². The zero-order chi connectivity index (χ0) is 17.2. The fourth-order valence-electron chi connectivity index (χ4n) is 3.51. The third-order valence-corrected chi connectivity index (χ3v) is 4.88. The molecule has 0 unspecified atom stereocenters. The van der Waals surface area contributed by atoms with Crippen LogP contribution in [0.5, 0.6) is 11.5 Å². The van der Waals surface area contributed by atoms with Crippen molar-refractivity contribution in [2.24, 2.45) is 0 Å².